The lowest BCUT2D eigenvalue weighted by atomic mass is 10.0. The van der Waals surface area contributed by atoms with Crippen LogP contribution in [0.5, 0.6) is 0 Å². The van der Waals surface area contributed by atoms with E-state index < -0.39 is 11.2 Å². The van der Waals surface area contributed by atoms with Crippen LogP contribution in [0.15, 0.2) is 33.9 Å². The van der Waals surface area contributed by atoms with Gasteiger partial charge >= 0.3 is 5.69 Å². The number of aromatic nitrogens is 2. The number of nitriles is 1. The van der Waals surface area contributed by atoms with Crippen molar-refractivity contribution in [1.29, 1.82) is 5.26 Å². The van der Waals surface area contributed by atoms with E-state index in [1.165, 1.54) is 24.7 Å². The maximum Gasteiger partial charge on any atom is 0.332 e. The van der Waals surface area contributed by atoms with Crippen LogP contribution in [0.4, 0.5) is 10.2 Å². The van der Waals surface area contributed by atoms with Crippen molar-refractivity contribution in [2.45, 2.75) is 19.4 Å². The van der Waals surface area contributed by atoms with Crippen molar-refractivity contribution in [1.82, 2.24) is 9.13 Å². The van der Waals surface area contributed by atoms with E-state index in [-0.39, 0.29) is 29.2 Å². The van der Waals surface area contributed by atoms with Gasteiger partial charge in [0.15, 0.2) is 5.56 Å². The van der Waals surface area contributed by atoms with Gasteiger partial charge in [0, 0.05) is 26.2 Å². The van der Waals surface area contributed by atoms with Crippen molar-refractivity contribution in [3.8, 4) is 6.07 Å². The Morgan fingerprint density at radius 2 is 1.88 bits per heavy atom. The van der Waals surface area contributed by atoms with Gasteiger partial charge in [-0.1, -0.05) is 25.1 Å². The Morgan fingerprint density at radius 3 is 2.52 bits per heavy atom. The van der Waals surface area contributed by atoms with E-state index in [9.17, 15) is 19.2 Å². The normalized spacial score (nSPS) is 19.9. The molecule has 25 heavy (non-hydrogen) atoms. The molecule has 7 heteroatoms. The minimum Gasteiger partial charge on any atom is -0.349 e. The van der Waals surface area contributed by atoms with Gasteiger partial charge in [-0.3, -0.25) is 13.9 Å². The van der Waals surface area contributed by atoms with Gasteiger partial charge in [0.1, 0.15) is 17.7 Å². The molecule has 130 valence electrons. The molecule has 1 aliphatic heterocycles. The summed E-state index contributed by atoms with van der Waals surface area (Å²) >= 11 is 0. The lowest BCUT2D eigenvalue weighted by molar-refractivity contribution is 0.559. The molecule has 1 fully saturated rings. The zero-order valence-corrected chi connectivity index (χ0v) is 14.4. The number of benzene rings is 1. The number of nitrogens with zero attached hydrogens (tertiary/aromatic N) is 4. The van der Waals surface area contributed by atoms with E-state index >= 15 is 0 Å². The molecule has 0 saturated carbocycles. The monoisotopic (exact) mass is 342 g/mol. The molecular weight excluding hydrogens is 323 g/mol. The fourth-order valence-electron chi connectivity index (χ4n) is 3.59. The van der Waals surface area contributed by atoms with Gasteiger partial charge in [-0.25, -0.2) is 9.18 Å². The van der Waals surface area contributed by atoms with Gasteiger partial charge in [-0.2, -0.15) is 5.26 Å². The fourth-order valence-corrected chi connectivity index (χ4v) is 3.59. The van der Waals surface area contributed by atoms with E-state index in [2.05, 4.69) is 0 Å². The maximum absolute atomic E-state index is 14.3. The van der Waals surface area contributed by atoms with Gasteiger partial charge in [0.05, 0.1) is 6.04 Å². The number of rotatable bonds is 2. The average molecular weight is 342 g/mol. The van der Waals surface area contributed by atoms with Crippen LogP contribution in [-0.4, -0.2) is 15.7 Å². The van der Waals surface area contributed by atoms with Crippen molar-refractivity contribution in [2.75, 3.05) is 11.4 Å². The molecule has 2 unspecified atom stereocenters. The van der Waals surface area contributed by atoms with E-state index in [0.717, 1.165) is 4.57 Å². The Bertz CT molecular complexity index is 986. The zero-order valence-electron chi connectivity index (χ0n) is 14.4. The predicted molar refractivity (Wildman–Crippen MR) is 91.9 cm³/mol. The van der Waals surface area contributed by atoms with Gasteiger partial charge < -0.3 is 4.90 Å². The first kappa shape index (κ1) is 17.0. The quantitative estimate of drug-likeness (QED) is 0.833. The number of hydrogen-bond donors (Lipinski definition) is 0. The first-order valence-electron chi connectivity index (χ1n) is 8.08. The second kappa shape index (κ2) is 6.20. The molecular formula is C18H19FN4O2. The zero-order chi connectivity index (χ0) is 18.3. The summed E-state index contributed by atoms with van der Waals surface area (Å²) in [4.78, 5) is 26.5. The molecule has 0 spiro atoms. The number of halogens is 1. The van der Waals surface area contributed by atoms with Crippen molar-refractivity contribution < 1.29 is 4.39 Å². The van der Waals surface area contributed by atoms with Crippen LogP contribution in [0.25, 0.3) is 0 Å². The largest absolute Gasteiger partial charge is 0.349 e. The Kier molecular flexibility index (Phi) is 4.21. The Labute approximate surface area is 144 Å². The molecule has 2 atom stereocenters. The predicted octanol–water partition coefficient (Wildman–Crippen LogP) is 1.68. The molecule has 0 N–H and O–H groups in total. The molecule has 1 aromatic heterocycles. The van der Waals surface area contributed by atoms with E-state index in [1.54, 1.807) is 18.2 Å². The molecule has 1 saturated heterocycles. The highest BCUT2D eigenvalue weighted by Gasteiger charge is 2.36. The summed E-state index contributed by atoms with van der Waals surface area (Å²) in [6.07, 6.45) is 0.676. The van der Waals surface area contributed by atoms with Gasteiger partial charge in [0.2, 0.25) is 0 Å². The summed E-state index contributed by atoms with van der Waals surface area (Å²) in [5.41, 5.74) is -0.734. The van der Waals surface area contributed by atoms with E-state index in [0.29, 0.717) is 18.5 Å². The number of hydrogen-bond acceptors (Lipinski definition) is 4. The van der Waals surface area contributed by atoms with Crippen molar-refractivity contribution >= 4 is 5.82 Å². The molecule has 2 aromatic rings. The molecule has 0 bridgehead atoms. The summed E-state index contributed by atoms with van der Waals surface area (Å²) in [7, 11) is 2.87. The molecule has 6 nitrogen and oxygen atoms in total. The smallest absolute Gasteiger partial charge is 0.332 e. The highest BCUT2D eigenvalue weighted by Crippen LogP contribution is 2.39. The summed E-state index contributed by atoms with van der Waals surface area (Å²) in [5, 5.41) is 9.50. The second-order valence-electron chi connectivity index (χ2n) is 6.55. The average Bonchev–Trinajstić information content (AvgIpc) is 2.97. The second-order valence-corrected chi connectivity index (χ2v) is 6.55. The Morgan fingerprint density at radius 1 is 1.20 bits per heavy atom. The summed E-state index contributed by atoms with van der Waals surface area (Å²) in [5.74, 6) is 0.155. The molecule has 3 rings (SSSR count). The first-order chi connectivity index (χ1) is 11.9. The third-order valence-corrected chi connectivity index (χ3v) is 4.79. The molecule has 0 aliphatic carbocycles. The van der Waals surface area contributed by atoms with Gasteiger partial charge in [-0.05, 0) is 18.4 Å². The summed E-state index contributed by atoms with van der Waals surface area (Å²) < 4.78 is 16.6. The van der Waals surface area contributed by atoms with Crippen molar-refractivity contribution in [2.24, 2.45) is 20.0 Å². The number of anilines is 1. The van der Waals surface area contributed by atoms with Crippen molar-refractivity contribution in [3.05, 3.63) is 62.0 Å². The van der Waals surface area contributed by atoms with Crippen LogP contribution in [-0.2, 0) is 14.1 Å². The van der Waals surface area contributed by atoms with Crippen LogP contribution in [0.2, 0.25) is 0 Å². The minimum absolute atomic E-state index is 0.0972. The highest BCUT2D eigenvalue weighted by atomic mass is 19.1. The van der Waals surface area contributed by atoms with E-state index in [4.69, 9.17) is 0 Å². The van der Waals surface area contributed by atoms with Crippen LogP contribution < -0.4 is 16.1 Å². The lowest BCUT2D eigenvalue weighted by Gasteiger charge is -2.29. The Hall–Kier alpha value is -2.88. The van der Waals surface area contributed by atoms with E-state index in [1.807, 2.05) is 17.9 Å². The molecule has 1 aliphatic rings. The molecule has 2 heterocycles. The third-order valence-electron chi connectivity index (χ3n) is 4.79. The maximum atomic E-state index is 14.3. The van der Waals surface area contributed by atoms with Crippen LogP contribution in [0.3, 0.4) is 0 Å². The van der Waals surface area contributed by atoms with Gasteiger partial charge in [-0.15, -0.1) is 0 Å². The van der Waals surface area contributed by atoms with Crippen LogP contribution in [0.1, 0.15) is 30.5 Å². The molecule has 1 aromatic carbocycles. The van der Waals surface area contributed by atoms with Gasteiger partial charge in [0.25, 0.3) is 5.56 Å². The standard InChI is InChI=1S/C18H19FN4O2/c1-11-8-15(12-6-4-5-7-14(12)19)23(10-11)16-13(9-20)17(24)22(3)18(25)21(16)2/h4-7,11,15H,8,10H2,1-3H3. The Balaban J connectivity index is 2.25. The fraction of sp³-hybridized carbons (Fsp3) is 0.389. The first-order valence-corrected chi connectivity index (χ1v) is 8.08. The molecule has 0 amide bonds. The summed E-state index contributed by atoms with van der Waals surface area (Å²) in [6.45, 7) is 2.56. The minimum atomic E-state index is -0.632. The van der Waals surface area contributed by atoms with Crippen molar-refractivity contribution in [3.63, 3.8) is 0 Å². The molecule has 0 radical (unpaired) electrons. The topological polar surface area (TPSA) is 71.0 Å². The third kappa shape index (κ3) is 2.64. The highest BCUT2D eigenvalue weighted by molar-refractivity contribution is 5.56. The summed E-state index contributed by atoms with van der Waals surface area (Å²) in [6, 6.07) is 8.07. The van der Waals surface area contributed by atoms with Crippen LogP contribution >= 0.6 is 0 Å². The van der Waals surface area contributed by atoms with Crippen LogP contribution in [0, 0.1) is 23.1 Å². The SMILES string of the molecule is CC1CC(c2ccccc2F)N(c2c(C#N)c(=O)n(C)c(=O)n2C)C1. The lowest BCUT2D eigenvalue weighted by Crippen LogP contribution is -2.42.